The predicted octanol–water partition coefficient (Wildman–Crippen LogP) is 2.76. The minimum Gasteiger partial charge on any atom is -0.309 e. The van der Waals surface area contributed by atoms with Crippen LogP contribution < -0.4 is 5.32 Å². The second kappa shape index (κ2) is 8.41. The number of aromatic nitrogens is 4. The van der Waals surface area contributed by atoms with E-state index in [4.69, 9.17) is 0 Å². The number of benzene rings is 1. The molecule has 0 aliphatic carbocycles. The Hall–Kier alpha value is -2.58. The zero-order valence-corrected chi connectivity index (χ0v) is 16.9. The summed E-state index contributed by atoms with van der Waals surface area (Å²) >= 11 is 1.41. The van der Waals surface area contributed by atoms with Crippen molar-refractivity contribution in [3.63, 3.8) is 0 Å². The molecule has 3 aromatic rings. The molecule has 0 saturated carbocycles. The first-order chi connectivity index (χ1) is 12.9. The third-order valence-electron chi connectivity index (χ3n) is 4.09. The SMILES string of the molecule is Cc1cc(C)n(Cc2cccc(C(=O)Nc3nnc(CCN(C)C)s3)c2)n1. The lowest BCUT2D eigenvalue weighted by atomic mass is 10.1. The summed E-state index contributed by atoms with van der Waals surface area (Å²) in [6.45, 7) is 5.54. The van der Waals surface area contributed by atoms with Gasteiger partial charge >= 0.3 is 0 Å². The first kappa shape index (κ1) is 19.2. The molecule has 0 bridgehead atoms. The molecule has 0 radical (unpaired) electrons. The molecular weight excluding hydrogens is 360 g/mol. The van der Waals surface area contributed by atoms with Gasteiger partial charge in [-0.3, -0.25) is 14.8 Å². The van der Waals surface area contributed by atoms with Gasteiger partial charge in [0.15, 0.2) is 0 Å². The van der Waals surface area contributed by atoms with E-state index >= 15 is 0 Å². The van der Waals surface area contributed by atoms with Gasteiger partial charge in [0, 0.05) is 24.2 Å². The van der Waals surface area contributed by atoms with Crippen molar-refractivity contribution in [2.45, 2.75) is 26.8 Å². The number of likely N-dealkylation sites (N-methyl/N-ethyl adjacent to an activating group) is 1. The maximum absolute atomic E-state index is 12.6. The summed E-state index contributed by atoms with van der Waals surface area (Å²) in [6.07, 6.45) is 0.818. The van der Waals surface area contributed by atoms with Gasteiger partial charge < -0.3 is 4.90 Å². The number of rotatable bonds is 7. The molecule has 0 aliphatic heterocycles. The highest BCUT2D eigenvalue weighted by Crippen LogP contribution is 2.17. The number of nitrogens with zero attached hydrogens (tertiary/aromatic N) is 5. The Kier molecular flexibility index (Phi) is 5.98. The average molecular weight is 385 g/mol. The van der Waals surface area contributed by atoms with Crippen LogP contribution in [0.25, 0.3) is 0 Å². The maximum Gasteiger partial charge on any atom is 0.257 e. The Bertz CT molecular complexity index is 930. The summed E-state index contributed by atoms with van der Waals surface area (Å²) < 4.78 is 1.94. The molecule has 0 aliphatic rings. The number of hydrogen-bond acceptors (Lipinski definition) is 6. The fourth-order valence-electron chi connectivity index (χ4n) is 2.71. The summed E-state index contributed by atoms with van der Waals surface area (Å²) in [5.41, 5.74) is 3.71. The van der Waals surface area contributed by atoms with E-state index in [1.165, 1.54) is 11.3 Å². The van der Waals surface area contributed by atoms with Crippen LogP contribution in [0.3, 0.4) is 0 Å². The quantitative estimate of drug-likeness (QED) is 0.678. The fourth-order valence-corrected chi connectivity index (χ4v) is 3.44. The van der Waals surface area contributed by atoms with Crippen LogP contribution in [0.4, 0.5) is 5.13 Å². The van der Waals surface area contributed by atoms with E-state index in [2.05, 4.69) is 25.5 Å². The van der Waals surface area contributed by atoms with E-state index in [1.807, 2.05) is 56.9 Å². The third-order valence-corrected chi connectivity index (χ3v) is 4.98. The van der Waals surface area contributed by atoms with Crippen LogP contribution in [0.2, 0.25) is 0 Å². The molecule has 0 fully saturated rings. The van der Waals surface area contributed by atoms with Gasteiger partial charge in [0.05, 0.1) is 12.2 Å². The number of amides is 1. The lowest BCUT2D eigenvalue weighted by molar-refractivity contribution is 0.102. The number of hydrogen-bond donors (Lipinski definition) is 1. The number of anilines is 1. The van der Waals surface area contributed by atoms with Gasteiger partial charge in [0.2, 0.25) is 5.13 Å². The molecule has 142 valence electrons. The highest BCUT2D eigenvalue weighted by atomic mass is 32.1. The molecule has 1 aromatic carbocycles. The van der Waals surface area contributed by atoms with Gasteiger partial charge in [-0.25, -0.2) is 0 Å². The normalized spacial score (nSPS) is 11.1. The Balaban J connectivity index is 1.66. The lowest BCUT2D eigenvalue weighted by Gasteiger charge is -2.07. The van der Waals surface area contributed by atoms with Crippen LogP contribution in [0.15, 0.2) is 30.3 Å². The highest BCUT2D eigenvalue weighted by Gasteiger charge is 2.11. The predicted molar refractivity (Wildman–Crippen MR) is 107 cm³/mol. The molecule has 0 atom stereocenters. The van der Waals surface area contributed by atoms with Crippen LogP contribution >= 0.6 is 11.3 Å². The van der Waals surface area contributed by atoms with E-state index < -0.39 is 0 Å². The molecule has 0 unspecified atom stereocenters. The van der Waals surface area contributed by atoms with Crippen molar-refractivity contribution in [3.8, 4) is 0 Å². The third kappa shape index (κ3) is 5.21. The Morgan fingerprint density at radius 1 is 1.22 bits per heavy atom. The second-order valence-corrected chi connectivity index (χ2v) is 7.86. The molecule has 2 heterocycles. The Labute approximate surface area is 163 Å². The minimum atomic E-state index is -0.180. The first-order valence-corrected chi connectivity index (χ1v) is 9.61. The van der Waals surface area contributed by atoms with Gasteiger partial charge in [-0.2, -0.15) is 5.10 Å². The van der Waals surface area contributed by atoms with Gasteiger partial charge in [-0.05, 0) is 51.7 Å². The van der Waals surface area contributed by atoms with Gasteiger partial charge in [-0.15, -0.1) is 10.2 Å². The number of carbonyl (C=O) groups excluding carboxylic acids is 1. The molecule has 2 aromatic heterocycles. The summed E-state index contributed by atoms with van der Waals surface area (Å²) in [5.74, 6) is -0.180. The monoisotopic (exact) mass is 384 g/mol. The summed E-state index contributed by atoms with van der Waals surface area (Å²) in [5, 5.41) is 17.0. The van der Waals surface area contributed by atoms with Gasteiger partial charge in [0.25, 0.3) is 5.91 Å². The average Bonchev–Trinajstić information content (AvgIpc) is 3.19. The molecule has 0 spiro atoms. The van der Waals surface area contributed by atoms with Crippen molar-refractivity contribution in [3.05, 3.63) is 57.9 Å². The van der Waals surface area contributed by atoms with E-state index in [0.29, 0.717) is 17.2 Å². The molecular formula is C19H24N6OS. The Morgan fingerprint density at radius 3 is 2.74 bits per heavy atom. The smallest absolute Gasteiger partial charge is 0.257 e. The van der Waals surface area contributed by atoms with Gasteiger partial charge in [-0.1, -0.05) is 23.5 Å². The maximum atomic E-state index is 12.6. The fraction of sp³-hybridized carbons (Fsp3) is 0.368. The number of carbonyl (C=O) groups is 1. The van der Waals surface area contributed by atoms with Crippen molar-refractivity contribution in [1.82, 2.24) is 24.9 Å². The van der Waals surface area contributed by atoms with Crippen LogP contribution in [0.1, 0.15) is 32.3 Å². The second-order valence-electron chi connectivity index (χ2n) is 6.79. The summed E-state index contributed by atoms with van der Waals surface area (Å²) in [6, 6.07) is 9.61. The molecule has 27 heavy (non-hydrogen) atoms. The standard InChI is InChI=1S/C19H24N6OS/c1-13-10-14(2)25(23-13)12-15-6-5-7-16(11-15)18(26)20-19-22-21-17(27-19)8-9-24(3)4/h5-7,10-11H,8-9,12H2,1-4H3,(H,20,22,26). The van der Waals surface area contributed by atoms with Crippen molar-refractivity contribution in [2.24, 2.45) is 0 Å². The largest absolute Gasteiger partial charge is 0.309 e. The lowest BCUT2D eigenvalue weighted by Crippen LogP contribution is -2.14. The van der Waals surface area contributed by atoms with Crippen LogP contribution in [0.5, 0.6) is 0 Å². The molecule has 8 heteroatoms. The van der Waals surface area contributed by atoms with Crippen LogP contribution in [-0.2, 0) is 13.0 Å². The molecule has 7 nitrogen and oxygen atoms in total. The van der Waals surface area contributed by atoms with Crippen molar-refractivity contribution < 1.29 is 4.79 Å². The van der Waals surface area contributed by atoms with Crippen LogP contribution in [-0.4, -0.2) is 51.4 Å². The van der Waals surface area contributed by atoms with Gasteiger partial charge in [0.1, 0.15) is 5.01 Å². The molecule has 1 amide bonds. The summed E-state index contributed by atoms with van der Waals surface area (Å²) in [7, 11) is 4.03. The topological polar surface area (TPSA) is 75.9 Å². The first-order valence-electron chi connectivity index (χ1n) is 8.79. The van der Waals surface area contributed by atoms with Crippen LogP contribution in [0, 0.1) is 13.8 Å². The Morgan fingerprint density at radius 2 is 2.04 bits per heavy atom. The molecule has 1 N–H and O–H groups in total. The molecule has 3 rings (SSSR count). The summed E-state index contributed by atoms with van der Waals surface area (Å²) in [4.78, 5) is 14.7. The number of nitrogens with one attached hydrogen (secondary N) is 1. The zero-order chi connectivity index (χ0) is 19.4. The van der Waals surface area contributed by atoms with Crippen molar-refractivity contribution in [2.75, 3.05) is 26.0 Å². The number of aryl methyl sites for hydroxylation is 2. The van der Waals surface area contributed by atoms with E-state index in [0.717, 1.165) is 34.9 Å². The van der Waals surface area contributed by atoms with E-state index in [-0.39, 0.29) is 5.91 Å². The van der Waals surface area contributed by atoms with Crippen molar-refractivity contribution >= 4 is 22.4 Å². The van der Waals surface area contributed by atoms with E-state index in [1.54, 1.807) is 6.07 Å². The highest BCUT2D eigenvalue weighted by molar-refractivity contribution is 7.15. The minimum absolute atomic E-state index is 0.180. The zero-order valence-electron chi connectivity index (χ0n) is 16.1. The van der Waals surface area contributed by atoms with E-state index in [9.17, 15) is 4.79 Å². The molecule has 0 saturated heterocycles. The van der Waals surface area contributed by atoms with Crippen molar-refractivity contribution in [1.29, 1.82) is 0 Å².